The van der Waals surface area contributed by atoms with Crippen molar-refractivity contribution in [1.82, 2.24) is 0 Å². The second-order valence-corrected chi connectivity index (χ2v) is 5.00. The van der Waals surface area contributed by atoms with E-state index in [9.17, 15) is 0 Å². The first-order valence-corrected chi connectivity index (χ1v) is 6.85. The summed E-state index contributed by atoms with van der Waals surface area (Å²) in [6, 6.07) is 16.8. The highest BCUT2D eigenvalue weighted by Crippen LogP contribution is 2.30. The van der Waals surface area contributed by atoms with Gasteiger partial charge in [0.1, 0.15) is 24.7 Å². The van der Waals surface area contributed by atoms with Gasteiger partial charge in [0, 0.05) is 0 Å². The van der Waals surface area contributed by atoms with E-state index in [0.717, 1.165) is 11.5 Å². The molecule has 0 spiro atoms. The van der Waals surface area contributed by atoms with E-state index in [4.69, 9.17) is 9.47 Å². The standard InChI is InChI=1S/C18H18O2/c1-13-14(2)20-12-16-8-4-6-10-18(16)17-9-5-3-7-15(17)11-19-13/h3-10H,11-12H2,1-2H3/b14-13-. The first-order chi connectivity index (χ1) is 9.75. The van der Waals surface area contributed by atoms with Crippen LogP contribution in [0.4, 0.5) is 0 Å². The van der Waals surface area contributed by atoms with E-state index in [-0.39, 0.29) is 0 Å². The third-order valence-electron chi connectivity index (χ3n) is 3.71. The van der Waals surface area contributed by atoms with Gasteiger partial charge < -0.3 is 9.47 Å². The Labute approximate surface area is 119 Å². The molecule has 0 fully saturated rings. The molecule has 0 unspecified atom stereocenters. The third-order valence-corrected chi connectivity index (χ3v) is 3.71. The first-order valence-electron chi connectivity index (χ1n) is 6.85. The Kier molecular flexibility index (Phi) is 3.46. The number of hydrogen-bond acceptors (Lipinski definition) is 2. The highest BCUT2D eigenvalue weighted by molar-refractivity contribution is 5.70. The van der Waals surface area contributed by atoms with Crippen LogP contribution < -0.4 is 0 Å². The molecule has 1 heterocycles. The number of benzene rings is 2. The molecule has 0 aliphatic carbocycles. The Bertz CT molecular complexity index is 598. The lowest BCUT2D eigenvalue weighted by Crippen LogP contribution is -2.03. The molecular formula is C18H18O2. The molecule has 0 N–H and O–H groups in total. The second kappa shape index (κ2) is 5.41. The summed E-state index contributed by atoms with van der Waals surface area (Å²) in [7, 11) is 0. The van der Waals surface area contributed by atoms with E-state index in [1.165, 1.54) is 22.3 Å². The van der Waals surface area contributed by atoms with Crippen LogP contribution in [0.15, 0.2) is 60.0 Å². The molecule has 0 saturated heterocycles. The maximum absolute atomic E-state index is 5.83. The SMILES string of the molecule is C/C1=C(\C)OCc2ccccc2-c2ccccc2CO1. The fourth-order valence-corrected chi connectivity index (χ4v) is 2.39. The highest BCUT2D eigenvalue weighted by atomic mass is 16.5. The average molecular weight is 266 g/mol. The Morgan fingerprint density at radius 1 is 0.650 bits per heavy atom. The molecular weight excluding hydrogens is 248 g/mol. The van der Waals surface area contributed by atoms with E-state index >= 15 is 0 Å². The minimum atomic E-state index is 0.567. The molecule has 0 saturated carbocycles. The zero-order chi connectivity index (χ0) is 13.9. The fourth-order valence-electron chi connectivity index (χ4n) is 2.39. The summed E-state index contributed by atoms with van der Waals surface area (Å²) in [5.74, 6) is 1.69. The van der Waals surface area contributed by atoms with Gasteiger partial charge >= 0.3 is 0 Å². The van der Waals surface area contributed by atoms with Gasteiger partial charge in [-0.15, -0.1) is 0 Å². The fraction of sp³-hybridized carbons (Fsp3) is 0.222. The summed E-state index contributed by atoms with van der Waals surface area (Å²) in [6.45, 7) is 5.03. The second-order valence-electron chi connectivity index (χ2n) is 5.00. The van der Waals surface area contributed by atoms with E-state index in [1.54, 1.807) is 0 Å². The third kappa shape index (κ3) is 2.42. The molecule has 0 radical (unpaired) electrons. The van der Waals surface area contributed by atoms with Crippen molar-refractivity contribution in [2.75, 3.05) is 0 Å². The van der Waals surface area contributed by atoms with E-state index in [1.807, 2.05) is 13.8 Å². The van der Waals surface area contributed by atoms with Gasteiger partial charge in [-0.25, -0.2) is 0 Å². The summed E-state index contributed by atoms with van der Waals surface area (Å²) in [5.41, 5.74) is 4.85. The first kappa shape index (κ1) is 12.8. The minimum Gasteiger partial charge on any atom is -0.490 e. The quantitative estimate of drug-likeness (QED) is 0.691. The zero-order valence-electron chi connectivity index (χ0n) is 11.8. The van der Waals surface area contributed by atoms with Crippen molar-refractivity contribution in [2.24, 2.45) is 0 Å². The van der Waals surface area contributed by atoms with Gasteiger partial charge in [0.25, 0.3) is 0 Å². The van der Waals surface area contributed by atoms with Crippen LogP contribution in [0.25, 0.3) is 11.1 Å². The van der Waals surface area contributed by atoms with Crippen LogP contribution in [0.1, 0.15) is 25.0 Å². The van der Waals surface area contributed by atoms with Crippen molar-refractivity contribution in [1.29, 1.82) is 0 Å². The van der Waals surface area contributed by atoms with Crippen LogP contribution in [0.3, 0.4) is 0 Å². The molecule has 2 aromatic rings. The normalized spacial score (nSPS) is 18.3. The number of hydrogen-bond donors (Lipinski definition) is 0. The number of rotatable bonds is 0. The van der Waals surface area contributed by atoms with Gasteiger partial charge in [0.05, 0.1) is 0 Å². The van der Waals surface area contributed by atoms with Crippen molar-refractivity contribution in [3.63, 3.8) is 0 Å². The maximum Gasteiger partial charge on any atom is 0.131 e. The van der Waals surface area contributed by atoms with Gasteiger partial charge in [0.15, 0.2) is 0 Å². The number of fused-ring (bicyclic) bond motifs is 3. The molecule has 0 atom stereocenters. The largest absolute Gasteiger partial charge is 0.490 e. The minimum absolute atomic E-state index is 0.567. The smallest absolute Gasteiger partial charge is 0.131 e. The molecule has 3 rings (SSSR count). The summed E-state index contributed by atoms with van der Waals surface area (Å²) >= 11 is 0. The van der Waals surface area contributed by atoms with Gasteiger partial charge in [-0.3, -0.25) is 0 Å². The molecule has 2 heteroatoms. The Balaban J connectivity index is 2.15. The Morgan fingerprint density at radius 2 is 1.05 bits per heavy atom. The van der Waals surface area contributed by atoms with Crippen molar-refractivity contribution >= 4 is 0 Å². The summed E-state index contributed by atoms with van der Waals surface area (Å²) in [4.78, 5) is 0. The van der Waals surface area contributed by atoms with Crippen LogP contribution in [-0.4, -0.2) is 0 Å². The Morgan fingerprint density at radius 3 is 1.50 bits per heavy atom. The molecule has 20 heavy (non-hydrogen) atoms. The lowest BCUT2D eigenvalue weighted by Gasteiger charge is -2.19. The van der Waals surface area contributed by atoms with Crippen LogP contribution >= 0.6 is 0 Å². The molecule has 102 valence electrons. The van der Waals surface area contributed by atoms with Crippen LogP contribution in [-0.2, 0) is 22.7 Å². The lowest BCUT2D eigenvalue weighted by molar-refractivity contribution is 0.140. The number of ether oxygens (including phenoxy) is 2. The average Bonchev–Trinajstić information content (AvgIpc) is 2.50. The van der Waals surface area contributed by atoms with Crippen LogP contribution in [0.2, 0.25) is 0 Å². The van der Waals surface area contributed by atoms with Crippen LogP contribution in [0, 0.1) is 0 Å². The molecule has 1 aliphatic heterocycles. The zero-order valence-corrected chi connectivity index (χ0v) is 11.8. The predicted molar refractivity (Wildman–Crippen MR) is 79.8 cm³/mol. The molecule has 2 aromatic carbocycles. The number of allylic oxidation sites excluding steroid dienone is 2. The molecule has 0 bridgehead atoms. The highest BCUT2D eigenvalue weighted by Gasteiger charge is 2.12. The lowest BCUT2D eigenvalue weighted by atomic mass is 9.96. The van der Waals surface area contributed by atoms with Gasteiger partial charge in [-0.05, 0) is 36.1 Å². The molecule has 0 aromatic heterocycles. The van der Waals surface area contributed by atoms with Gasteiger partial charge in [-0.2, -0.15) is 0 Å². The summed E-state index contributed by atoms with van der Waals surface area (Å²) < 4.78 is 11.7. The van der Waals surface area contributed by atoms with Crippen molar-refractivity contribution < 1.29 is 9.47 Å². The van der Waals surface area contributed by atoms with Crippen molar-refractivity contribution in [3.05, 3.63) is 71.2 Å². The monoisotopic (exact) mass is 266 g/mol. The molecule has 2 nitrogen and oxygen atoms in total. The molecule has 0 amide bonds. The Hall–Kier alpha value is -2.22. The van der Waals surface area contributed by atoms with Crippen LogP contribution in [0.5, 0.6) is 0 Å². The van der Waals surface area contributed by atoms with E-state index in [2.05, 4.69) is 48.5 Å². The van der Waals surface area contributed by atoms with E-state index in [0.29, 0.717) is 13.2 Å². The predicted octanol–water partition coefficient (Wildman–Crippen LogP) is 4.65. The summed E-state index contributed by atoms with van der Waals surface area (Å²) in [5, 5.41) is 0. The van der Waals surface area contributed by atoms with Crippen molar-refractivity contribution in [3.8, 4) is 11.1 Å². The molecule has 1 aliphatic rings. The van der Waals surface area contributed by atoms with E-state index < -0.39 is 0 Å². The topological polar surface area (TPSA) is 18.5 Å². The summed E-state index contributed by atoms with van der Waals surface area (Å²) in [6.07, 6.45) is 0. The van der Waals surface area contributed by atoms with Gasteiger partial charge in [-0.1, -0.05) is 48.5 Å². The maximum atomic E-state index is 5.83. The van der Waals surface area contributed by atoms with Gasteiger partial charge in [0.2, 0.25) is 0 Å². The van der Waals surface area contributed by atoms with Crippen molar-refractivity contribution in [2.45, 2.75) is 27.1 Å².